The summed E-state index contributed by atoms with van der Waals surface area (Å²) in [6.07, 6.45) is 1.49. The van der Waals surface area contributed by atoms with Crippen LogP contribution in [0, 0.1) is 0 Å². The molecule has 9 nitrogen and oxygen atoms in total. The van der Waals surface area contributed by atoms with Gasteiger partial charge in [0.05, 0.1) is 12.1 Å². The standard InChI is InChI=1S/C21H22N4O5/c1-12-8-16(26)13(2)23-11-25(12)24-9-15(20(22)28)18(27)19(17(24)21(23)29)30-10-14-6-4-3-5-7-14/h3-7,9,12-13H,8,10-11H2,1-2H3,(H2,22,28)/t12-,13?/m0/s1. The first-order chi connectivity index (χ1) is 14.3. The Morgan fingerprint density at radius 3 is 2.53 bits per heavy atom. The summed E-state index contributed by atoms with van der Waals surface area (Å²) in [5, 5.41) is 1.76. The fourth-order valence-electron chi connectivity index (χ4n) is 3.83. The minimum Gasteiger partial charge on any atom is -0.482 e. The molecule has 156 valence electrons. The number of nitrogens with two attached hydrogens (primary N) is 1. The van der Waals surface area contributed by atoms with Gasteiger partial charge in [-0.3, -0.25) is 28.9 Å². The van der Waals surface area contributed by atoms with Gasteiger partial charge in [-0.2, -0.15) is 0 Å². The number of primary amides is 1. The highest BCUT2D eigenvalue weighted by Gasteiger charge is 2.42. The SMILES string of the molecule is CC1C(=O)C[C@H](C)N2CN1C(=O)c1c(OCc3ccccc3)c(=O)c(C(N)=O)cn12. The van der Waals surface area contributed by atoms with E-state index in [9.17, 15) is 19.2 Å². The summed E-state index contributed by atoms with van der Waals surface area (Å²) in [6.45, 7) is 3.70. The quantitative estimate of drug-likeness (QED) is 0.791. The van der Waals surface area contributed by atoms with Crippen molar-refractivity contribution < 1.29 is 19.1 Å². The Kier molecular flexibility index (Phi) is 4.81. The van der Waals surface area contributed by atoms with E-state index in [0.717, 1.165) is 5.56 Å². The van der Waals surface area contributed by atoms with Crippen LogP contribution < -0.4 is 20.9 Å². The molecule has 1 unspecified atom stereocenters. The molecule has 1 saturated heterocycles. The molecule has 2 atom stereocenters. The van der Waals surface area contributed by atoms with Gasteiger partial charge >= 0.3 is 0 Å². The van der Waals surface area contributed by atoms with Gasteiger partial charge in [-0.25, -0.2) is 0 Å². The van der Waals surface area contributed by atoms with Crippen LogP contribution in [-0.4, -0.2) is 45.9 Å². The molecule has 9 heteroatoms. The van der Waals surface area contributed by atoms with Gasteiger partial charge in [-0.15, -0.1) is 0 Å². The Hall–Kier alpha value is -3.62. The molecule has 2 aliphatic rings. The van der Waals surface area contributed by atoms with Gasteiger partial charge in [0.15, 0.2) is 17.2 Å². The van der Waals surface area contributed by atoms with Crippen LogP contribution in [0.1, 0.15) is 46.7 Å². The van der Waals surface area contributed by atoms with Crippen molar-refractivity contribution in [2.45, 2.75) is 39.0 Å². The smallest absolute Gasteiger partial charge is 0.278 e. The summed E-state index contributed by atoms with van der Waals surface area (Å²) in [5.74, 6) is -1.74. The monoisotopic (exact) mass is 410 g/mol. The van der Waals surface area contributed by atoms with Gasteiger partial charge in [0.2, 0.25) is 5.43 Å². The van der Waals surface area contributed by atoms with Crippen LogP contribution in [-0.2, 0) is 11.4 Å². The Labute approximate surface area is 172 Å². The number of ether oxygens (including phenoxy) is 1. The maximum Gasteiger partial charge on any atom is 0.278 e. The zero-order valence-electron chi connectivity index (χ0n) is 16.7. The topological polar surface area (TPSA) is 115 Å². The lowest BCUT2D eigenvalue weighted by Crippen LogP contribution is -2.57. The highest BCUT2D eigenvalue weighted by Crippen LogP contribution is 2.28. The molecule has 2 bridgehead atoms. The van der Waals surface area contributed by atoms with Crippen molar-refractivity contribution in [2.75, 3.05) is 11.7 Å². The number of carbonyl (C=O) groups is 3. The molecule has 1 fully saturated rings. The second-order valence-electron chi connectivity index (χ2n) is 7.58. The van der Waals surface area contributed by atoms with Gasteiger partial charge in [0, 0.05) is 12.6 Å². The number of carbonyl (C=O) groups excluding carboxylic acids is 3. The first-order valence-electron chi connectivity index (χ1n) is 9.66. The van der Waals surface area contributed by atoms with Gasteiger partial charge < -0.3 is 15.4 Å². The van der Waals surface area contributed by atoms with Crippen LogP contribution in [0.5, 0.6) is 5.75 Å². The predicted octanol–water partition coefficient (Wildman–Crippen LogP) is 0.627. The molecule has 1 aromatic heterocycles. The highest BCUT2D eigenvalue weighted by atomic mass is 16.5. The zero-order chi connectivity index (χ0) is 21.6. The molecule has 0 saturated carbocycles. The van der Waals surface area contributed by atoms with E-state index in [0.29, 0.717) is 0 Å². The first kappa shape index (κ1) is 19.7. The molecule has 0 aliphatic carbocycles. The second-order valence-corrected chi connectivity index (χ2v) is 7.58. The van der Waals surface area contributed by atoms with E-state index in [2.05, 4.69) is 0 Å². The molecule has 1 aromatic carbocycles. The fourth-order valence-corrected chi connectivity index (χ4v) is 3.83. The van der Waals surface area contributed by atoms with E-state index in [-0.39, 0.29) is 48.5 Å². The minimum atomic E-state index is -0.915. The molecule has 2 aromatic rings. The van der Waals surface area contributed by atoms with E-state index >= 15 is 0 Å². The number of Topliss-reactive ketones (excluding diaryl/α,β-unsaturated/α-hetero) is 1. The van der Waals surface area contributed by atoms with Crippen LogP contribution in [0.2, 0.25) is 0 Å². The van der Waals surface area contributed by atoms with Gasteiger partial charge in [0.1, 0.15) is 18.8 Å². The van der Waals surface area contributed by atoms with Crippen molar-refractivity contribution in [3.63, 3.8) is 0 Å². The average molecular weight is 410 g/mol. The number of rotatable bonds is 4. The van der Waals surface area contributed by atoms with Gasteiger partial charge in [-0.05, 0) is 19.4 Å². The van der Waals surface area contributed by atoms with Crippen molar-refractivity contribution in [1.82, 2.24) is 9.58 Å². The number of amides is 2. The minimum absolute atomic E-state index is 0.0134. The van der Waals surface area contributed by atoms with Crippen LogP contribution in [0.3, 0.4) is 0 Å². The lowest BCUT2D eigenvalue weighted by Gasteiger charge is -2.41. The summed E-state index contributed by atoms with van der Waals surface area (Å²) in [4.78, 5) is 52.1. The largest absolute Gasteiger partial charge is 0.482 e. The van der Waals surface area contributed by atoms with Crippen molar-refractivity contribution in [2.24, 2.45) is 5.73 Å². The van der Waals surface area contributed by atoms with Gasteiger partial charge in [0.25, 0.3) is 11.8 Å². The summed E-state index contributed by atoms with van der Waals surface area (Å²) >= 11 is 0. The molecule has 2 N–H and O–H groups in total. The Bertz CT molecular complexity index is 1090. The Balaban J connectivity index is 1.89. The number of pyridine rings is 1. The molecule has 2 aliphatic heterocycles. The zero-order valence-corrected chi connectivity index (χ0v) is 16.7. The summed E-state index contributed by atoms with van der Waals surface area (Å²) in [5.41, 5.74) is 5.17. The second kappa shape index (κ2) is 7.33. The highest BCUT2D eigenvalue weighted by molar-refractivity contribution is 6.01. The molecular formula is C21H22N4O5. The van der Waals surface area contributed by atoms with E-state index in [1.165, 1.54) is 15.8 Å². The molecule has 3 heterocycles. The van der Waals surface area contributed by atoms with Crippen LogP contribution in [0.15, 0.2) is 41.3 Å². The summed E-state index contributed by atoms with van der Waals surface area (Å²) < 4.78 is 7.23. The van der Waals surface area contributed by atoms with Crippen molar-refractivity contribution >= 4 is 17.6 Å². The number of nitrogens with zero attached hydrogens (tertiary/aromatic N) is 3. The number of ketones is 1. The Morgan fingerprint density at radius 1 is 1.17 bits per heavy atom. The molecule has 4 rings (SSSR count). The van der Waals surface area contributed by atoms with Crippen LogP contribution >= 0.6 is 0 Å². The third kappa shape index (κ3) is 3.12. The lowest BCUT2D eigenvalue weighted by atomic mass is 10.1. The molecule has 0 radical (unpaired) electrons. The number of fused-ring (bicyclic) bond motifs is 4. The first-order valence-corrected chi connectivity index (χ1v) is 9.66. The number of hydrogen-bond acceptors (Lipinski definition) is 6. The molecular weight excluding hydrogens is 388 g/mol. The number of aromatic nitrogens is 1. The normalized spacial score (nSPS) is 20.6. The summed E-state index contributed by atoms with van der Waals surface area (Å²) in [6, 6.07) is 8.25. The fraction of sp³-hybridized carbons (Fsp3) is 0.333. The predicted molar refractivity (Wildman–Crippen MR) is 108 cm³/mol. The Morgan fingerprint density at radius 2 is 1.87 bits per heavy atom. The van der Waals surface area contributed by atoms with Crippen LogP contribution in [0.4, 0.5) is 0 Å². The lowest BCUT2D eigenvalue weighted by molar-refractivity contribution is -0.122. The number of benzene rings is 1. The average Bonchev–Trinajstić information content (AvgIpc) is 2.81. The molecule has 0 spiro atoms. The third-order valence-electron chi connectivity index (χ3n) is 5.61. The third-order valence-corrected chi connectivity index (χ3v) is 5.61. The number of hydrogen-bond donors (Lipinski definition) is 1. The van der Waals surface area contributed by atoms with Gasteiger partial charge in [-0.1, -0.05) is 30.3 Å². The summed E-state index contributed by atoms with van der Waals surface area (Å²) in [7, 11) is 0. The van der Waals surface area contributed by atoms with E-state index in [1.54, 1.807) is 11.9 Å². The van der Waals surface area contributed by atoms with Crippen molar-refractivity contribution in [3.8, 4) is 5.75 Å². The van der Waals surface area contributed by atoms with Crippen molar-refractivity contribution in [3.05, 3.63) is 63.6 Å². The van der Waals surface area contributed by atoms with E-state index in [4.69, 9.17) is 10.5 Å². The van der Waals surface area contributed by atoms with E-state index in [1.807, 2.05) is 37.3 Å². The molecule has 30 heavy (non-hydrogen) atoms. The van der Waals surface area contributed by atoms with E-state index < -0.39 is 23.3 Å². The van der Waals surface area contributed by atoms with Crippen molar-refractivity contribution in [1.29, 1.82) is 0 Å². The van der Waals surface area contributed by atoms with Crippen LogP contribution in [0.25, 0.3) is 0 Å². The molecule has 2 amide bonds. The maximum atomic E-state index is 13.3. The maximum absolute atomic E-state index is 13.3.